The molecule has 0 aromatic carbocycles. The Morgan fingerprint density at radius 2 is 2.06 bits per heavy atom. The first-order valence-electron chi connectivity index (χ1n) is 5.95. The fraction of sp³-hybridized carbons (Fsp3) is 0.692. The summed E-state index contributed by atoms with van der Waals surface area (Å²) in [5.41, 5.74) is 5.27. The highest BCUT2D eigenvalue weighted by molar-refractivity contribution is 5.11. The summed E-state index contributed by atoms with van der Waals surface area (Å²) in [6.45, 7) is 7.98. The molecule has 0 amide bonds. The highest BCUT2D eigenvalue weighted by atomic mass is 16.3. The summed E-state index contributed by atoms with van der Waals surface area (Å²) in [4.78, 5) is 2.03. The lowest BCUT2D eigenvalue weighted by Crippen LogP contribution is -2.43. The van der Waals surface area contributed by atoms with Gasteiger partial charge in [0.1, 0.15) is 11.5 Å². The summed E-state index contributed by atoms with van der Waals surface area (Å²) in [5.74, 6) is 1.73. The van der Waals surface area contributed by atoms with Crippen molar-refractivity contribution in [1.82, 2.24) is 4.90 Å². The van der Waals surface area contributed by atoms with Crippen LogP contribution >= 0.6 is 0 Å². The maximum absolute atomic E-state index is 9.86. The number of aryl methyl sites for hydroxylation is 1. The zero-order chi connectivity index (χ0) is 13.2. The molecule has 0 aliphatic rings. The Kier molecular flexibility index (Phi) is 4.36. The van der Waals surface area contributed by atoms with Gasteiger partial charge in [-0.3, -0.25) is 4.90 Å². The number of furan rings is 1. The zero-order valence-electron chi connectivity index (χ0n) is 11.4. The van der Waals surface area contributed by atoms with E-state index in [1.165, 1.54) is 0 Å². The molecule has 17 heavy (non-hydrogen) atoms. The van der Waals surface area contributed by atoms with E-state index in [1.807, 2.05) is 37.9 Å². The number of hydrogen-bond donors (Lipinski definition) is 2. The second-order valence-corrected chi connectivity index (χ2v) is 5.48. The molecule has 4 nitrogen and oxygen atoms in total. The Labute approximate surface area is 103 Å². The van der Waals surface area contributed by atoms with Gasteiger partial charge < -0.3 is 15.3 Å². The van der Waals surface area contributed by atoms with Gasteiger partial charge in [-0.05, 0) is 46.9 Å². The van der Waals surface area contributed by atoms with Gasteiger partial charge in [-0.2, -0.15) is 0 Å². The molecule has 98 valence electrons. The van der Waals surface area contributed by atoms with Gasteiger partial charge in [-0.1, -0.05) is 0 Å². The minimum absolute atomic E-state index is 0.0184. The maximum atomic E-state index is 9.86. The molecule has 0 aliphatic heterocycles. The fourth-order valence-corrected chi connectivity index (χ4v) is 2.20. The van der Waals surface area contributed by atoms with Crippen LogP contribution < -0.4 is 5.73 Å². The second-order valence-electron chi connectivity index (χ2n) is 5.48. The summed E-state index contributed by atoms with van der Waals surface area (Å²) in [5, 5.41) is 9.86. The average Bonchev–Trinajstić information content (AvgIpc) is 2.47. The smallest absolute Gasteiger partial charge is 0.122 e. The Hall–Kier alpha value is -0.840. The van der Waals surface area contributed by atoms with Gasteiger partial charge in [-0.15, -0.1) is 0 Å². The molecule has 0 aliphatic carbocycles. The Morgan fingerprint density at radius 1 is 1.47 bits per heavy atom. The van der Waals surface area contributed by atoms with E-state index in [0.717, 1.165) is 11.5 Å². The van der Waals surface area contributed by atoms with E-state index in [0.29, 0.717) is 6.54 Å². The van der Waals surface area contributed by atoms with Crippen LogP contribution in [0.25, 0.3) is 0 Å². The Morgan fingerprint density at radius 3 is 2.41 bits per heavy atom. The molecule has 1 rings (SSSR count). The molecule has 1 heterocycles. The number of rotatable bonds is 5. The van der Waals surface area contributed by atoms with E-state index >= 15 is 0 Å². The van der Waals surface area contributed by atoms with Crippen molar-refractivity contribution in [3.63, 3.8) is 0 Å². The Balaban J connectivity index is 2.86. The molecule has 1 aromatic heterocycles. The summed E-state index contributed by atoms with van der Waals surface area (Å²) in [6.07, 6.45) is 0. The van der Waals surface area contributed by atoms with Crippen LogP contribution in [-0.2, 0) is 0 Å². The number of nitrogens with two attached hydrogens (primary N) is 1. The second kappa shape index (κ2) is 5.21. The van der Waals surface area contributed by atoms with E-state index < -0.39 is 5.60 Å². The van der Waals surface area contributed by atoms with Crippen LogP contribution in [-0.4, -0.2) is 35.2 Å². The van der Waals surface area contributed by atoms with E-state index in [9.17, 15) is 5.11 Å². The summed E-state index contributed by atoms with van der Waals surface area (Å²) in [7, 11) is 1.95. The summed E-state index contributed by atoms with van der Waals surface area (Å²) < 4.78 is 5.64. The highest BCUT2D eigenvalue weighted by Crippen LogP contribution is 2.25. The molecule has 0 fully saturated rings. The van der Waals surface area contributed by atoms with Crippen molar-refractivity contribution in [2.24, 2.45) is 5.73 Å². The van der Waals surface area contributed by atoms with E-state index in [2.05, 4.69) is 0 Å². The zero-order valence-corrected chi connectivity index (χ0v) is 11.4. The van der Waals surface area contributed by atoms with Crippen LogP contribution in [0.1, 0.15) is 38.3 Å². The molecule has 4 heteroatoms. The molecule has 0 radical (unpaired) electrons. The van der Waals surface area contributed by atoms with Crippen molar-refractivity contribution in [3.8, 4) is 0 Å². The SMILES string of the molecule is Cc1ccc(C(C(C)N)N(C)CC(C)(C)O)o1. The topological polar surface area (TPSA) is 62.6 Å². The van der Waals surface area contributed by atoms with Crippen LogP contribution in [0, 0.1) is 6.92 Å². The third-order valence-electron chi connectivity index (χ3n) is 2.66. The first-order chi connectivity index (χ1) is 7.70. The van der Waals surface area contributed by atoms with Gasteiger partial charge in [0, 0.05) is 12.6 Å². The standard InChI is InChI=1S/C13H24N2O2/c1-9-6-7-11(17-9)12(10(2)14)15(5)8-13(3,4)16/h6-7,10,12,16H,8,14H2,1-5H3. The lowest BCUT2D eigenvalue weighted by atomic mass is 10.0. The molecule has 0 saturated heterocycles. The first kappa shape index (κ1) is 14.2. The van der Waals surface area contributed by atoms with Crippen LogP contribution in [0.3, 0.4) is 0 Å². The number of nitrogens with zero attached hydrogens (tertiary/aromatic N) is 1. The van der Waals surface area contributed by atoms with Crippen LogP contribution in [0.5, 0.6) is 0 Å². The fourth-order valence-electron chi connectivity index (χ4n) is 2.20. The minimum Gasteiger partial charge on any atom is -0.465 e. The largest absolute Gasteiger partial charge is 0.465 e. The molecule has 3 N–H and O–H groups in total. The molecular formula is C13H24N2O2. The number of likely N-dealkylation sites (N-methyl/N-ethyl adjacent to an activating group) is 1. The van der Waals surface area contributed by atoms with Gasteiger partial charge in [0.05, 0.1) is 11.6 Å². The first-order valence-corrected chi connectivity index (χ1v) is 5.95. The third-order valence-corrected chi connectivity index (χ3v) is 2.66. The van der Waals surface area contributed by atoms with Crippen molar-refractivity contribution >= 4 is 0 Å². The van der Waals surface area contributed by atoms with E-state index in [4.69, 9.17) is 10.2 Å². The van der Waals surface area contributed by atoms with Gasteiger partial charge in [0.25, 0.3) is 0 Å². The summed E-state index contributed by atoms with van der Waals surface area (Å²) in [6, 6.07) is 3.80. The molecule has 2 unspecified atom stereocenters. The van der Waals surface area contributed by atoms with Gasteiger partial charge in [-0.25, -0.2) is 0 Å². The average molecular weight is 240 g/mol. The van der Waals surface area contributed by atoms with Gasteiger partial charge in [0.15, 0.2) is 0 Å². The van der Waals surface area contributed by atoms with Gasteiger partial charge >= 0.3 is 0 Å². The third kappa shape index (κ3) is 4.15. The quantitative estimate of drug-likeness (QED) is 0.822. The predicted octanol–water partition coefficient (Wildman–Crippen LogP) is 1.68. The molecule has 0 bridgehead atoms. The molecule has 2 atom stereocenters. The number of aliphatic hydroxyl groups is 1. The molecule has 0 saturated carbocycles. The highest BCUT2D eigenvalue weighted by Gasteiger charge is 2.27. The van der Waals surface area contributed by atoms with Crippen LogP contribution in [0.4, 0.5) is 0 Å². The van der Waals surface area contributed by atoms with Gasteiger partial charge in [0.2, 0.25) is 0 Å². The molecule has 1 aromatic rings. The monoisotopic (exact) mass is 240 g/mol. The minimum atomic E-state index is -0.747. The summed E-state index contributed by atoms with van der Waals surface area (Å²) >= 11 is 0. The maximum Gasteiger partial charge on any atom is 0.122 e. The normalized spacial score (nSPS) is 16.2. The van der Waals surface area contributed by atoms with E-state index in [1.54, 1.807) is 13.8 Å². The molecular weight excluding hydrogens is 216 g/mol. The van der Waals surface area contributed by atoms with Crippen molar-refractivity contribution in [3.05, 3.63) is 23.7 Å². The van der Waals surface area contributed by atoms with Crippen molar-refractivity contribution in [2.45, 2.75) is 45.4 Å². The van der Waals surface area contributed by atoms with Crippen LogP contribution in [0.15, 0.2) is 16.5 Å². The van der Waals surface area contributed by atoms with Crippen LogP contribution in [0.2, 0.25) is 0 Å². The molecule has 0 spiro atoms. The van der Waals surface area contributed by atoms with Crippen molar-refractivity contribution < 1.29 is 9.52 Å². The predicted molar refractivity (Wildman–Crippen MR) is 68.8 cm³/mol. The van der Waals surface area contributed by atoms with Crippen molar-refractivity contribution in [2.75, 3.05) is 13.6 Å². The lowest BCUT2D eigenvalue weighted by Gasteiger charge is -2.33. The van der Waals surface area contributed by atoms with Crippen molar-refractivity contribution in [1.29, 1.82) is 0 Å². The van der Waals surface area contributed by atoms with E-state index in [-0.39, 0.29) is 12.1 Å². The number of hydrogen-bond acceptors (Lipinski definition) is 4. The Bertz CT molecular complexity index is 353. The lowest BCUT2D eigenvalue weighted by molar-refractivity contribution is 0.0242.